The van der Waals surface area contributed by atoms with Gasteiger partial charge in [0.25, 0.3) is 0 Å². The monoisotopic (exact) mass is 223 g/mol. The Balaban J connectivity index is 3.17. The Morgan fingerprint density at radius 3 is 2.60 bits per heavy atom. The second-order valence-electron chi connectivity index (χ2n) is 3.72. The van der Waals surface area contributed by atoms with Crippen LogP contribution in [0, 0.1) is 17.2 Å². The summed E-state index contributed by atoms with van der Waals surface area (Å²) in [5.41, 5.74) is -0.581. The normalized spacial score (nSPS) is 16.5. The van der Waals surface area contributed by atoms with Crippen molar-refractivity contribution < 1.29 is 5.11 Å². The first-order valence-corrected chi connectivity index (χ1v) is 5.28. The first kappa shape index (κ1) is 12.0. The molecule has 0 aliphatic rings. The van der Waals surface area contributed by atoms with Gasteiger partial charge in [-0.15, -0.1) is 0 Å². The standard InChI is InChI=1S/C12H14ClNO/c1-3-9(8-14)12(2,15)10-6-4-5-7-11(10)13/h4-7,9,15H,3H2,1-2H3. The van der Waals surface area contributed by atoms with Crippen molar-refractivity contribution >= 4 is 11.6 Å². The number of nitrogens with zero attached hydrogens (tertiary/aromatic N) is 1. The van der Waals surface area contributed by atoms with Gasteiger partial charge in [0.2, 0.25) is 0 Å². The van der Waals surface area contributed by atoms with Gasteiger partial charge in [-0.2, -0.15) is 5.26 Å². The smallest absolute Gasteiger partial charge is 0.104 e. The molecule has 0 spiro atoms. The molecule has 0 bridgehead atoms. The minimum Gasteiger partial charge on any atom is -0.384 e. The van der Waals surface area contributed by atoms with Crippen LogP contribution in [0.3, 0.4) is 0 Å². The molecular weight excluding hydrogens is 210 g/mol. The average molecular weight is 224 g/mol. The molecule has 2 atom stereocenters. The van der Waals surface area contributed by atoms with E-state index in [2.05, 4.69) is 6.07 Å². The molecule has 0 amide bonds. The zero-order valence-electron chi connectivity index (χ0n) is 8.87. The fraction of sp³-hybridized carbons (Fsp3) is 0.417. The van der Waals surface area contributed by atoms with Crippen molar-refractivity contribution in [2.75, 3.05) is 0 Å². The summed E-state index contributed by atoms with van der Waals surface area (Å²) in [6.07, 6.45) is 0.592. The van der Waals surface area contributed by atoms with Gasteiger partial charge in [-0.1, -0.05) is 36.7 Å². The number of halogens is 1. The summed E-state index contributed by atoms with van der Waals surface area (Å²) in [6.45, 7) is 3.50. The molecule has 2 unspecified atom stereocenters. The van der Waals surface area contributed by atoms with E-state index in [0.29, 0.717) is 17.0 Å². The Hall–Kier alpha value is -1.04. The van der Waals surface area contributed by atoms with Gasteiger partial charge in [0.15, 0.2) is 0 Å². The summed E-state index contributed by atoms with van der Waals surface area (Å²) in [6, 6.07) is 9.19. The van der Waals surface area contributed by atoms with Gasteiger partial charge in [0.05, 0.1) is 12.0 Å². The number of rotatable bonds is 3. The molecule has 15 heavy (non-hydrogen) atoms. The van der Waals surface area contributed by atoms with Crippen molar-refractivity contribution in [1.82, 2.24) is 0 Å². The summed E-state index contributed by atoms with van der Waals surface area (Å²) >= 11 is 6.00. The molecule has 0 radical (unpaired) electrons. The van der Waals surface area contributed by atoms with Crippen molar-refractivity contribution in [3.05, 3.63) is 34.9 Å². The maximum Gasteiger partial charge on any atom is 0.104 e. The van der Waals surface area contributed by atoms with Crippen LogP contribution < -0.4 is 0 Å². The maximum absolute atomic E-state index is 10.3. The van der Waals surface area contributed by atoms with Gasteiger partial charge in [0, 0.05) is 10.6 Å². The molecule has 80 valence electrons. The average Bonchev–Trinajstić information content (AvgIpc) is 2.19. The summed E-state index contributed by atoms with van der Waals surface area (Å²) in [5.74, 6) is -0.447. The van der Waals surface area contributed by atoms with Crippen molar-refractivity contribution in [2.24, 2.45) is 5.92 Å². The van der Waals surface area contributed by atoms with E-state index in [1.54, 1.807) is 31.2 Å². The van der Waals surface area contributed by atoms with Crippen molar-refractivity contribution in [2.45, 2.75) is 25.9 Å². The Morgan fingerprint density at radius 1 is 1.53 bits per heavy atom. The minimum absolute atomic E-state index is 0.447. The van der Waals surface area contributed by atoms with Crippen LogP contribution in [0.5, 0.6) is 0 Å². The van der Waals surface area contributed by atoms with E-state index in [0.717, 1.165) is 0 Å². The van der Waals surface area contributed by atoms with E-state index in [1.807, 2.05) is 6.92 Å². The lowest BCUT2D eigenvalue weighted by Gasteiger charge is -2.28. The van der Waals surface area contributed by atoms with Crippen LogP contribution in [0.4, 0.5) is 0 Å². The van der Waals surface area contributed by atoms with Gasteiger partial charge in [-0.3, -0.25) is 0 Å². The Kier molecular flexibility index (Phi) is 3.73. The van der Waals surface area contributed by atoms with E-state index >= 15 is 0 Å². The van der Waals surface area contributed by atoms with Crippen molar-refractivity contribution in [3.63, 3.8) is 0 Å². The number of hydrogen-bond donors (Lipinski definition) is 1. The highest BCUT2D eigenvalue weighted by Gasteiger charge is 2.34. The Bertz CT molecular complexity index is 381. The molecule has 0 saturated heterocycles. The number of aliphatic hydroxyl groups is 1. The summed E-state index contributed by atoms with van der Waals surface area (Å²) < 4.78 is 0. The highest BCUT2D eigenvalue weighted by Crippen LogP contribution is 2.35. The van der Waals surface area contributed by atoms with Crippen molar-refractivity contribution in [1.29, 1.82) is 5.26 Å². The number of benzene rings is 1. The van der Waals surface area contributed by atoms with Gasteiger partial charge >= 0.3 is 0 Å². The number of nitriles is 1. The first-order chi connectivity index (χ1) is 7.04. The third-order valence-corrected chi connectivity index (χ3v) is 2.99. The second kappa shape index (κ2) is 4.65. The van der Waals surface area contributed by atoms with Crippen LogP contribution in [-0.2, 0) is 5.60 Å². The Labute approximate surface area is 95.1 Å². The summed E-state index contributed by atoms with van der Waals surface area (Å²) in [5, 5.41) is 19.8. The highest BCUT2D eigenvalue weighted by molar-refractivity contribution is 6.31. The predicted molar refractivity (Wildman–Crippen MR) is 60.4 cm³/mol. The third kappa shape index (κ3) is 2.31. The molecule has 0 aliphatic heterocycles. The van der Waals surface area contributed by atoms with E-state index in [1.165, 1.54) is 0 Å². The van der Waals surface area contributed by atoms with Crippen LogP contribution in [0.25, 0.3) is 0 Å². The topological polar surface area (TPSA) is 44.0 Å². The predicted octanol–water partition coefficient (Wildman–Crippen LogP) is 3.10. The van der Waals surface area contributed by atoms with Crippen LogP contribution in [0.1, 0.15) is 25.8 Å². The molecule has 3 heteroatoms. The lowest BCUT2D eigenvalue weighted by Crippen LogP contribution is -2.30. The van der Waals surface area contributed by atoms with E-state index in [4.69, 9.17) is 16.9 Å². The SMILES string of the molecule is CCC(C#N)C(C)(O)c1ccccc1Cl. The van der Waals surface area contributed by atoms with Gasteiger partial charge in [-0.05, 0) is 19.4 Å². The third-order valence-electron chi connectivity index (χ3n) is 2.66. The molecular formula is C12H14ClNO. The van der Waals surface area contributed by atoms with Crippen LogP contribution >= 0.6 is 11.6 Å². The van der Waals surface area contributed by atoms with E-state index in [-0.39, 0.29) is 0 Å². The van der Waals surface area contributed by atoms with Crippen LogP contribution in [0.15, 0.2) is 24.3 Å². The Morgan fingerprint density at radius 2 is 2.13 bits per heavy atom. The molecule has 1 aromatic rings. The van der Waals surface area contributed by atoms with E-state index < -0.39 is 11.5 Å². The lowest BCUT2D eigenvalue weighted by atomic mass is 9.82. The second-order valence-corrected chi connectivity index (χ2v) is 4.12. The van der Waals surface area contributed by atoms with E-state index in [9.17, 15) is 5.11 Å². The molecule has 1 rings (SSSR count). The zero-order chi connectivity index (χ0) is 11.5. The van der Waals surface area contributed by atoms with Crippen molar-refractivity contribution in [3.8, 4) is 6.07 Å². The molecule has 0 heterocycles. The maximum atomic E-state index is 10.3. The summed E-state index contributed by atoms with van der Waals surface area (Å²) in [7, 11) is 0. The summed E-state index contributed by atoms with van der Waals surface area (Å²) in [4.78, 5) is 0. The fourth-order valence-corrected chi connectivity index (χ4v) is 2.00. The largest absolute Gasteiger partial charge is 0.384 e. The van der Waals surface area contributed by atoms with Gasteiger partial charge in [0.1, 0.15) is 5.60 Å². The molecule has 0 fully saturated rings. The molecule has 0 aromatic heterocycles. The van der Waals surface area contributed by atoms with Gasteiger partial charge < -0.3 is 5.11 Å². The van der Waals surface area contributed by atoms with Gasteiger partial charge in [-0.25, -0.2) is 0 Å². The quantitative estimate of drug-likeness (QED) is 0.856. The molecule has 1 aromatic carbocycles. The van der Waals surface area contributed by atoms with Crippen LogP contribution in [0.2, 0.25) is 5.02 Å². The van der Waals surface area contributed by atoms with Crippen LogP contribution in [-0.4, -0.2) is 5.11 Å². The molecule has 0 saturated carbocycles. The molecule has 0 aliphatic carbocycles. The first-order valence-electron chi connectivity index (χ1n) is 4.91. The molecule has 1 N–H and O–H groups in total. The molecule has 2 nitrogen and oxygen atoms in total. The minimum atomic E-state index is -1.19. The highest BCUT2D eigenvalue weighted by atomic mass is 35.5. The number of hydrogen-bond acceptors (Lipinski definition) is 2. The lowest BCUT2D eigenvalue weighted by molar-refractivity contribution is 0.0152. The fourth-order valence-electron chi connectivity index (χ4n) is 1.67. The zero-order valence-corrected chi connectivity index (χ0v) is 9.62.